The SMILES string of the molecule is O=[N+]([O-])c1ccc(S(=O)(=O)N2CCC3(CC2)OCCS3)cc1. The standard InChI is InChI=1S/C13H16N2O5S2/c16-15(17)11-1-3-12(4-2-11)22(18,19)14-7-5-13(6-8-14)20-9-10-21-13/h1-4H,5-10H2. The van der Waals surface area contributed by atoms with Crippen LogP contribution in [0, 0.1) is 10.1 Å². The van der Waals surface area contributed by atoms with E-state index in [1.165, 1.54) is 28.6 Å². The predicted molar refractivity (Wildman–Crippen MR) is 82.2 cm³/mol. The molecular formula is C13H16N2O5S2. The van der Waals surface area contributed by atoms with Crippen molar-refractivity contribution in [3.8, 4) is 0 Å². The molecule has 1 spiro atoms. The lowest BCUT2D eigenvalue weighted by molar-refractivity contribution is -0.384. The highest BCUT2D eigenvalue weighted by molar-refractivity contribution is 8.00. The number of nitrogens with zero attached hydrogens (tertiary/aromatic N) is 2. The number of piperidine rings is 1. The molecule has 120 valence electrons. The fraction of sp³-hybridized carbons (Fsp3) is 0.538. The number of hydrogen-bond acceptors (Lipinski definition) is 6. The number of ether oxygens (including phenoxy) is 1. The molecule has 2 aliphatic heterocycles. The van der Waals surface area contributed by atoms with Crippen LogP contribution in [-0.4, -0.2) is 48.0 Å². The first kappa shape index (κ1) is 15.7. The number of nitro benzene ring substituents is 1. The van der Waals surface area contributed by atoms with E-state index in [0.717, 1.165) is 12.4 Å². The fourth-order valence-corrected chi connectivity index (χ4v) is 5.36. The summed E-state index contributed by atoms with van der Waals surface area (Å²) in [6, 6.07) is 5.01. The number of nitro groups is 1. The molecule has 0 aliphatic carbocycles. The molecule has 0 amide bonds. The van der Waals surface area contributed by atoms with E-state index in [2.05, 4.69) is 0 Å². The third-order valence-corrected chi connectivity index (χ3v) is 7.32. The summed E-state index contributed by atoms with van der Waals surface area (Å²) in [4.78, 5) is 9.96. The van der Waals surface area contributed by atoms with Crippen LogP contribution < -0.4 is 0 Å². The van der Waals surface area contributed by atoms with Gasteiger partial charge in [-0.3, -0.25) is 10.1 Å². The van der Waals surface area contributed by atoms with Crippen molar-refractivity contribution in [3.63, 3.8) is 0 Å². The van der Waals surface area contributed by atoms with Crippen LogP contribution in [0.15, 0.2) is 29.2 Å². The smallest absolute Gasteiger partial charge is 0.269 e. The summed E-state index contributed by atoms with van der Waals surface area (Å²) in [5.41, 5.74) is -0.118. The summed E-state index contributed by atoms with van der Waals surface area (Å²) in [5.74, 6) is 0.953. The highest BCUT2D eigenvalue weighted by Gasteiger charge is 2.42. The van der Waals surface area contributed by atoms with Gasteiger partial charge in [0.05, 0.1) is 16.4 Å². The average molecular weight is 344 g/mol. The zero-order valence-corrected chi connectivity index (χ0v) is 13.4. The quantitative estimate of drug-likeness (QED) is 0.614. The summed E-state index contributed by atoms with van der Waals surface area (Å²) >= 11 is 1.76. The van der Waals surface area contributed by atoms with Gasteiger partial charge in [0.15, 0.2) is 0 Å². The third kappa shape index (κ3) is 2.85. The van der Waals surface area contributed by atoms with E-state index in [-0.39, 0.29) is 15.5 Å². The Morgan fingerprint density at radius 1 is 1.23 bits per heavy atom. The van der Waals surface area contributed by atoms with E-state index in [0.29, 0.717) is 25.9 Å². The Morgan fingerprint density at radius 3 is 2.36 bits per heavy atom. The molecule has 1 aromatic carbocycles. The fourth-order valence-electron chi connectivity index (χ4n) is 2.74. The maximum atomic E-state index is 12.6. The topological polar surface area (TPSA) is 89.8 Å². The first-order chi connectivity index (χ1) is 10.4. The van der Waals surface area contributed by atoms with Gasteiger partial charge in [0, 0.05) is 31.0 Å². The Kier molecular flexibility index (Phi) is 4.15. The maximum Gasteiger partial charge on any atom is 0.269 e. The Balaban J connectivity index is 1.74. The van der Waals surface area contributed by atoms with Crippen molar-refractivity contribution in [2.24, 2.45) is 0 Å². The molecular weight excluding hydrogens is 328 g/mol. The van der Waals surface area contributed by atoms with Gasteiger partial charge in [-0.05, 0) is 25.0 Å². The Hall–Kier alpha value is -1.16. The summed E-state index contributed by atoms with van der Waals surface area (Å²) in [6.07, 6.45) is 1.34. The van der Waals surface area contributed by atoms with Crippen molar-refractivity contribution >= 4 is 27.5 Å². The molecule has 22 heavy (non-hydrogen) atoms. The molecule has 0 N–H and O–H groups in total. The lowest BCUT2D eigenvalue weighted by Crippen LogP contribution is -2.44. The van der Waals surface area contributed by atoms with Crippen LogP contribution in [0.4, 0.5) is 5.69 Å². The third-order valence-electron chi connectivity index (χ3n) is 3.98. The molecule has 0 aromatic heterocycles. The van der Waals surface area contributed by atoms with Crippen molar-refractivity contribution in [3.05, 3.63) is 34.4 Å². The molecule has 0 radical (unpaired) electrons. The summed E-state index contributed by atoms with van der Waals surface area (Å²) in [5, 5.41) is 10.6. The minimum Gasteiger partial charge on any atom is -0.363 e. The Bertz CT molecular complexity index is 658. The second-order valence-corrected chi connectivity index (χ2v) is 8.64. The summed E-state index contributed by atoms with van der Waals surface area (Å²) in [6.45, 7) is 1.54. The largest absolute Gasteiger partial charge is 0.363 e. The van der Waals surface area contributed by atoms with Gasteiger partial charge >= 0.3 is 0 Å². The molecule has 9 heteroatoms. The minimum absolute atomic E-state index is 0.0917. The number of sulfonamides is 1. The van der Waals surface area contributed by atoms with Crippen molar-refractivity contribution in [1.29, 1.82) is 0 Å². The van der Waals surface area contributed by atoms with Crippen LogP contribution in [0.2, 0.25) is 0 Å². The van der Waals surface area contributed by atoms with E-state index in [4.69, 9.17) is 4.74 Å². The van der Waals surface area contributed by atoms with Crippen LogP contribution >= 0.6 is 11.8 Å². The number of non-ortho nitro benzene ring substituents is 1. The van der Waals surface area contributed by atoms with E-state index in [1.54, 1.807) is 11.8 Å². The highest BCUT2D eigenvalue weighted by Crippen LogP contribution is 2.42. The van der Waals surface area contributed by atoms with Gasteiger partial charge in [-0.25, -0.2) is 8.42 Å². The summed E-state index contributed by atoms with van der Waals surface area (Å²) in [7, 11) is -3.60. The minimum atomic E-state index is -3.60. The molecule has 2 aliphatic rings. The second-order valence-electron chi connectivity index (χ2n) is 5.26. The molecule has 7 nitrogen and oxygen atoms in total. The average Bonchev–Trinajstić information content (AvgIpc) is 2.96. The van der Waals surface area contributed by atoms with Gasteiger partial charge in [0.25, 0.3) is 5.69 Å². The molecule has 3 rings (SSSR count). The van der Waals surface area contributed by atoms with Gasteiger partial charge in [0.1, 0.15) is 4.93 Å². The lowest BCUT2D eigenvalue weighted by atomic mass is 10.1. The van der Waals surface area contributed by atoms with Crippen molar-refractivity contribution < 1.29 is 18.1 Å². The maximum absolute atomic E-state index is 12.6. The van der Waals surface area contributed by atoms with Crippen LogP contribution in [0.3, 0.4) is 0 Å². The Morgan fingerprint density at radius 2 is 1.86 bits per heavy atom. The zero-order chi connectivity index (χ0) is 15.8. The predicted octanol–water partition coefficient (Wildman–Crippen LogP) is 1.84. The number of hydrogen-bond donors (Lipinski definition) is 0. The van der Waals surface area contributed by atoms with E-state index >= 15 is 0 Å². The van der Waals surface area contributed by atoms with Crippen molar-refractivity contribution in [2.45, 2.75) is 22.7 Å². The normalized spacial score (nSPS) is 22.0. The van der Waals surface area contributed by atoms with E-state index in [1.807, 2.05) is 0 Å². The highest BCUT2D eigenvalue weighted by atomic mass is 32.2. The van der Waals surface area contributed by atoms with E-state index < -0.39 is 14.9 Å². The molecule has 0 bridgehead atoms. The van der Waals surface area contributed by atoms with Gasteiger partial charge in [-0.15, -0.1) is 11.8 Å². The molecule has 0 unspecified atom stereocenters. The first-order valence-corrected chi connectivity index (χ1v) is 9.38. The van der Waals surface area contributed by atoms with Crippen LogP contribution in [-0.2, 0) is 14.8 Å². The van der Waals surface area contributed by atoms with Crippen LogP contribution in [0.1, 0.15) is 12.8 Å². The van der Waals surface area contributed by atoms with Crippen molar-refractivity contribution in [2.75, 3.05) is 25.4 Å². The first-order valence-electron chi connectivity index (χ1n) is 6.96. The van der Waals surface area contributed by atoms with Crippen LogP contribution in [0.25, 0.3) is 0 Å². The van der Waals surface area contributed by atoms with Gasteiger partial charge in [-0.2, -0.15) is 4.31 Å². The Labute approximate surface area is 132 Å². The number of rotatable bonds is 3. The number of benzene rings is 1. The number of thioether (sulfide) groups is 1. The van der Waals surface area contributed by atoms with Gasteiger partial charge < -0.3 is 4.74 Å². The molecule has 0 saturated carbocycles. The monoisotopic (exact) mass is 344 g/mol. The van der Waals surface area contributed by atoms with Crippen LogP contribution in [0.5, 0.6) is 0 Å². The molecule has 2 fully saturated rings. The van der Waals surface area contributed by atoms with Crippen molar-refractivity contribution in [1.82, 2.24) is 4.31 Å². The summed E-state index contributed by atoms with van der Waals surface area (Å²) < 4.78 is 32.3. The molecule has 0 atom stereocenters. The lowest BCUT2D eigenvalue weighted by Gasteiger charge is -2.37. The molecule has 2 saturated heterocycles. The van der Waals surface area contributed by atoms with Gasteiger partial charge in [-0.1, -0.05) is 0 Å². The van der Waals surface area contributed by atoms with E-state index in [9.17, 15) is 18.5 Å². The second kappa shape index (κ2) is 5.80. The molecule has 1 aromatic rings. The zero-order valence-electron chi connectivity index (χ0n) is 11.8. The van der Waals surface area contributed by atoms with Gasteiger partial charge in [0.2, 0.25) is 10.0 Å². The molecule has 2 heterocycles.